The summed E-state index contributed by atoms with van der Waals surface area (Å²) in [6.07, 6.45) is 1.77. The summed E-state index contributed by atoms with van der Waals surface area (Å²) in [5, 5.41) is 13.5. The van der Waals surface area contributed by atoms with Gasteiger partial charge in [0.2, 0.25) is 0 Å². The van der Waals surface area contributed by atoms with E-state index in [0.29, 0.717) is 0 Å². The number of aromatic nitrogens is 1. The average molecular weight is 416 g/mol. The molecule has 0 fully saturated rings. The van der Waals surface area contributed by atoms with E-state index < -0.39 is 0 Å². The predicted octanol–water partition coefficient (Wildman–Crippen LogP) is 4.33. The second-order valence-electron chi connectivity index (χ2n) is 7.52. The Labute approximate surface area is 173 Å². The van der Waals surface area contributed by atoms with Gasteiger partial charge in [-0.25, -0.2) is 0 Å². The smallest absolute Gasteiger partial charge is 0.252 e. The molecule has 4 heterocycles. The van der Waals surface area contributed by atoms with E-state index in [-0.39, 0.29) is 11.9 Å². The van der Waals surface area contributed by atoms with E-state index in [4.69, 9.17) is 4.52 Å². The Bertz CT molecular complexity index is 939. The fourth-order valence-electron chi connectivity index (χ4n) is 3.77. The number of hydrogen-bond donors (Lipinski definition) is 1. The van der Waals surface area contributed by atoms with Crippen LogP contribution in [0.25, 0.3) is 0 Å². The normalized spacial score (nSPS) is 15.4. The van der Waals surface area contributed by atoms with Crippen LogP contribution in [0.4, 0.5) is 0 Å². The molecule has 1 amide bonds. The quantitative estimate of drug-likeness (QED) is 0.651. The lowest BCUT2D eigenvalue weighted by atomic mass is 10.0. The van der Waals surface area contributed by atoms with Crippen LogP contribution in [0.15, 0.2) is 26.7 Å². The minimum absolute atomic E-state index is 0.0550. The molecule has 0 unspecified atom stereocenters. The van der Waals surface area contributed by atoms with Crippen molar-refractivity contribution >= 4 is 28.6 Å². The minimum Gasteiger partial charge on any atom is -0.361 e. The van der Waals surface area contributed by atoms with Gasteiger partial charge in [-0.05, 0) is 61.6 Å². The maximum atomic E-state index is 12.8. The van der Waals surface area contributed by atoms with E-state index in [1.807, 2.05) is 19.2 Å². The predicted molar refractivity (Wildman–Crippen MR) is 113 cm³/mol. The molecule has 0 spiro atoms. The lowest BCUT2D eigenvalue weighted by Gasteiger charge is -2.27. The van der Waals surface area contributed by atoms with Crippen LogP contribution in [-0.4, -0.2) is 28.6 Å². The number of carbonyl (C=O) groups excluding carboxylic acids is 1. The molecule has 1 atom stereocenters. The molecule has 0 saturated heterocycles. The highest BCUT2D eigenvalue weighted by Crippen LogP contribution is 2.30. The highest BCUT2D eigenvalue weighted by atomic mass is 32.1. The van der Waals surface area contributed by atoms with Crippen molar-refractivity contribution in [2.45, 2.75) is 52.7 Å². The van der Waals surface area contributed by atoms with Crippen molar-refractivity contribution in [3.05, 3.63) is 60.8 Å². The molecule has 7 heteroatoms. The summed E-state index contributed by atoms with van der Waals surface area (Å²) in [7, 11) is 0. The zero-order valence-corrected chi connectivity index (χ0v) is 18.1. The Morgan fingerprint density at radius 2 is 2.25 bits per heavy atom. The van der Waals surface area contributed by atoms with Crippen LogP contribution in [0.2, 0.25) is 0 Å². The molecule has 0 bridgehead atoms. The van der Waals surface area contributed by atoms with Gasteiger partial charge < -0.3 is 9.84 Å². The average Bonchev–Trinajstić information content (AvgIpc) is 3.38. The third-order valence-electron chi connectivity index (χ3n) is 5.33. The maximum Gasteiger partial charge on any atom is 0.252 e. The van der Waals surface area contributed by atoms with E-state index in [1.54, 1.807) is 22.7 Å². The molecule has 0 radical (unpaired) electrons. The van der Waals surface area contributed by atoms with Crippen LogP contribution in [0.5, 0.6) is 0 Å². The van der Waals surface area contributed by atoms with Gasteiger partial charge in [0.15, 0.2) is 0 Å². The standard InChI is InChI=1S/C21H25N3O2S2/c1-13(8-16-5-7-27-11-16)22-21(25)19-12-28-20-10-24(6-4-17(19)20)9-18-14(2)23-26-15(18)3/h5,7,11-13H,4,6,8-10H2,1-3H3,(H,22,25)/t13-/m1/s1. The fourth-order valence-corrected chi connectivity index (χ4v) is 5.58. The molecule has 3 aromatic rings. The third-order valence-corrected chi connectivity index (χ3v) is 7.08. The number of thiophene rings is 2. The van der Waals surface area contributed by atoms with Crippen LogP contribution in [0, 0.1) is 13.8 Å². The maximum absolute atomic E-state index is 12.8. The Morgan fingerprint density at radius 3 is 2.96 bits per heavy atom. The molecule has 3 aromatic heterocycles. The molecule has 0 saturated carbocycles. The summed E-state index contributed by atoms with van der Waals surface area (Å²) in [4.78, 5) is 16.5. The molecule has 0 aliphatic carbocycles. The first-order valence-corrected chi connectivity index (χ1v) is 11.4. The van der Waals surface area contributed by atoms with Crippen molar-refractivity contribution in [3.8, 4) is 0 Å². The van der Waals surface area contributed by atoms with Gasteiger partial charge in [-0.15, -0.1) is 11.3 Å². The SMILES string of the molecule is Cc1noc(C)c1CN1CCc2c(C(=O)N[C@H](C)Cc3ccsc3)csc2C1. The first-order valence-electron chi connectivity index (χ1n) is 9.56. The number of amides is 1. The van der Waals surface area contributed by atoms with Gasteiger partial charge in [0, 0.05) is 41.5 Å². The summed E-state index contributed by atoms with van der Waals surface area (Å²) in [5.41, 5.74) is 5.50. The molecule has 148 valence electrons. The van der Waals surface area contributed by atoms with E-state index in [2.05, 4.69) is 39.1 Å². The van der Waals surface area contributed by atoms with Gasteiger partial charge in [-0.1, -0.05) is 5.16 Å². The minimum atomic E-state index is 0.0550. The highest BCUT2D eigenvalue weighted by molar-refractivity contribution is 7.10. The van der Waals surface area contributed by atoms with Gasteiger partial charge in [-0.2, -0.15) is 11.3 Å². The fraction of sp³-hybridized carbons (Fsp3) is 0.429. The number of aryl methyl sites for hydroxylation is 2. The van der Waals surface area contributed by atoms with Gasteiger partial charge in [0.1, 0.15) is 5.76 Å². The van der Waals surface area contributed by atoms with E-state index in [9.17, 15) is 4.79 Å². The zero-order chi connectivity index (χ0) is 19.7. The first-order chi connectivity index (χ1) is 13.5. The lowest BCUT2D eigenvalue weighted by Crippen LogP contribution is -2.35. The van der Waals surface area contributed by atoms with Crippen LogP contribution in [-0.2, 0) is 25.9 Å². The van der Waals surface area contributed by atoms with Crippen molar-refractivity contribution in [2.75, 3.05) is 6.54 Å². The molecular formula is C21H25N3O2S2. The van der Waals surface area contributed by atoms with Crippen LogP contribution in [0.1, 0.15) is 50.3 Å². The Hall–Kier alpha value is -1.96. The number of carbonyl (C=O) groups is 1. The number of nitrogens with one attached hydrogen (secondary N) is 1. The van der Waals surface area contributed by atoms with Gasteiger partial charge in [-0.3, -0.25) is 9.69 Å². The monoisotopic (exact) mass is 415 g/mol. The molecular weight excluding hydrogens is 390 g/mol. The molecule has 0 aromatic carbocycles. The van der Waals surface area contributed by atoms with Crippen molar-refractivity contribution in [1.82, 2.24) is 15.4 Å². The van der Waals surface area contributed by atoms with Crippen molar-refractivity contribution in [1.29, 1.82) is 0 Å². The molecule has 1 aliphatic rings. The van der Waals surface area contributed by atoms with Crippen molar-refractivity contribution in [2.24, 2.45) is 0 Å². The Kier molecular flexibility index (Phi) is 5.66. The number of rotatable bonds is 6. The summed E-state index contributed by atoms with van der Waals surface area (Å²) in [6.45, 7) is 8.69. The Morgan fingerprint density at radius 1 is 1.39 bits per heavy atom. The van der Waals surface area contributed by atoms with Crippen molar-refractivity contribution in [3.63, 3.8) is 0 Å². The van der Waals surface area contributed by atoms with Crippen LogP contribution < -0.4 is 5.32 Å². The molecule has 1 N–H and O–H groups in total. The van der Waals surface area contributed by atoms with Crippen LogP contribution in [0.3, 0.4) is 0 Å². The molecule has 4 rings (SSSR count). The van der Waals surface area contributed by atoms with Crippen molar-refractivity contribution < 1.29 is 9.32 Å². The molecule has 5 nitrogen and oxygen atoms in total. The largest absolute Gasteiger partial charge is 0.361 e. The number of nitrogens with zero attached hydrogens (tertiary/aromatic N) is 2. The number of hydrogen-bond acceptors (Lipinski definition) is 6. The van der Waals surface area contributed by atoms with Gasteiger partial charge in [0.05, 0.1) is 11.3 Å². The molecule has 1 aliphatic heterocycles. The van der Waals surface area contributed by atoms with Gasteiger partial charge in [0.25, 0.3) is 5.91 Å². The van der Waals surface area contributed by atoms with E-state index in [1.165, 1.54) is 21.6 Å². The van der Waals surface area contributed by atoms with E-state index >= 15 is 0 Å². The molecule has 28 heavy (non-hydrogen) atoms. The first kappa shape index (κ1) is 19.4. The van der Waals surface area contributed by atoms with E-state index in [0.717, 1.165) is 49.5 Å². The topological polar surface area (TPSA) is 58.4 Å². The number of fused-ring (bicyclic) bond motifs is 1. The zero-order valence-electron chi connectivity index (χ0n) is 16.4. The summed E-state index contributed by atoms with van der Waals surface area (Å²) >= 11 is 3.39. The third kappa shape index (κ3) is 4.06. The van der Waals surface area contributed by atoms with Gasteiger partial charge >= 0.3 is 0 Å². The second kappa shape index (κ2) is 8.19. The summed E-state index contributed by atoms with van der Waals surface area (Å²) < 4.78 is 5.29. The lowest BCUT2D eigenvalue weighted by molar-refractivity contribution is 0.0939. The summed E-state index contributed by atoms with van der Waals surface area (Å²) in [6, 6.07) is 2.24. The Balaban J connectivity index is 1.40. The van der Waals surface area contributed by atoms with Crippen LogP contribution >= 0.6 is 22.7 Å². The second-order valence-corrected chi connectivity index (χ2v) is 9.27. The summed E-state index contributed by atoms with van der Waals surface area (Å²) in [5.74, 6) is 0.952. The highest BCUT2D eigenvalue weighted by Gasteiger charge is 2.25.